The largest absolute Gasteiger partial charge is 0.321 e. The van der Waals surface area contributed by atoms with Gasteiger partial charge in [0, 0.05) is 5.56 Å². The second kappa shape index (κ2) is 7.37. The smallest absolute Gasteiger partial charge is 0.253 e. The first-order valence-electron chi connectivity index (χ1n) is 10.5. The number of aromatic nitrogens is 5. The number of benzene rings is 1. The van der Waals surface area contributed by atoms with Gasteiger partial charge in [0.2, 0.25) is 0 Å². The van der Waals surface area contributed by atoms with Crippen molar-refractivity contribution >= 4 is 10.9 Å². The van der Waals surface area contributed by atoms with Crippen LogP contribution in [0.2, 0.25) is 0 Å². The molecular weight excluding hydrogens is 364 g/mol. The summed E-state index contributed by atoms with van der Waals surface area (Å²) in [4.78, 5) is 18.7. The van der Waals surface area contributed by atoms with Crippen molar-refractivity contribution in [1.29, 1.82) is 0 Å². The van der Waals surface area contributed by atoms with Gasteiger partial charge in [-0.2, -0.15) is 0 Å². The molecule has 1 saturated heterocycles. The maximum absolute atomic E-state index is 13.3. The summed E-state index contributed by atoms with van der Waals surface area (Å²) in [6.07, 6.45) is 3.14. The fraction of sp³-hybridized carbons (Fsp3) is 0.545. The molecule has 1 N–H and O–H groups in total. The van der Waals surface area contributed by atoms with Crippen LogP contribution in [0, 0.1) is 13.8 Å². The zero-order valence-electron chi connectivity index (χ0n) is 18.0. The Morgan fingerprint density at radius 1 is 1.21 bits per heavy atom. The van der Waals surface area contributed by atoms with Crippen LogP contribution in [0.1, 0.15) is 68.6 Å². The first-order valence-corrected chi connectivity index (χ1v) is 10.5. The molecule has 7 nitrogen and oxygen atoms in total. The van der Waals surface area contributed by atoms with E-state index in [1.54, 1.807) is 0 Å². The zero-order valence-corrected chi connectivity index (χ0v) is 18.0. The first-order chi connectivity index (χ1) is 13.8. The number of rotatable bonds is 5. The van der Waals surface area contributed by atoms with Gasteiger partial charge in [-0.15, -0.1) is 5.10 Å². The van der Waals surface area contributed by atoms with E-state index in [2.05, 4.69) is 72.2 Å². The van der Waals surface area contributed by atoms with Crippen LogP contribution >= 0.6 is 0 Å². The van der Waals surface area contributed by atoms with Gasteiger partial charge in [0.25, 0.3) is 5.56 Å². The molecule has 2 aromatic heterocycles. The van der Waals surface area contributed by atoms with E-state index in [1.165, 1.54) is 5.56 Å². The van der Waals surface area contributed by atoms with E-state index in [0.29, 0.717) is 5.56 Å². The van der Waals surface area contributed by atoms with Gasteiger partial charge in [0.1, 0.15) is 6.04 Å². The predicted molar refractivity (Wildman–Crippen MR) is 114 cm³/mol. The van der Waals surface area contributed by atoms with Crippen LogP contribution in [0.15, 0.2) is 23.0 Å². The van der Waals surface area contributed by atoms with Crippen LogP contribution in [0.5, 0.6) is 0 Å². The Morgan fingerprint density at radius 2 is 1.93 bits per heavy atom. The number of nitrogens with one attached hydrogen (secondary N) is 1. The van der Waals surface area contributed by atoms with Gasteiger partial charge in [-0.05, 0) is 93.1 Å². The number of aryl methyl sites for hydroxylation is 2. The lowest BCUT2D eigenvalue weighted by Crippen LogP contribution is -2.37. The SMILES string of the molecule is CCC(C)(C)n1nnnc1[C@H](c1cc2ccc(C)c(C)c2[nH]c1=O)N1CCCC1. The molecule has 7 heteroatoms. The molecule has 4 rings (SSSR count). The molecule has 0 radical (unpaired) electrons. The number of pyridine rings is 1. The Labute approximate surface area is 171 Å². The van der Waals surface area contributed by atoms with E-state index in [1.807, 2.05) is 10.7 Å². The highest BCUT2D eigenvalue weighted by atomic mass is 16.1. The Kier molecular flexibility index (Phi) is 5.02. The van der Waals surface area contributed by atoms with Gasteiger partial charge in [-0.25, -0.2) is 4.68 Å². The average molecular weight is 395 g/mol. The summed E-state index contributed by atoms with van der Waals surface area (Å²) in [5, 5.41) is 13.8. The number of nitrogens with zero attached hydrogens (tertiary/aromatic N) is 5. The zero-order chi connectivity index (χ0) is 20.8. The molecule has 1 atom stereocenters. The van der Waals surface area contributed by atoms with E-state index in [9.17, 15) is 4.79 Å². The fourth-order valence-electron chi connectivity index (χ4n) is 4.19. The molecule has 3 aromatic rings. The number of hydrogen-bond donors (Lipinski definition) is 1. The molecule has 29 heavy (non-hydrogen) atoms. The number of hydrogen-bond acceptors (Lipinski definition) is 5. The van der Waals surface area contributed by atoms with E-state index in [0.717, 1.165) is 54.6 Å². The average Bonchev–Trinajstić information content (AvgIpc) is 3.39. The molecule has 1 aliphatic rings. The Bertz CT molecular complexity index is 1090. The Balaban J connectivity index is 1.93. The summed E-state index contributed by atoms with van der Waals surface area (Å²) in [5.41, 5.74) is 3.62. The van der Waals surface area contributed by atoms with Gasteiger partial charge in [-0.3, -0.25) is 9.69 Å². The van der Waals surface area contributed by atoms with Crippen LogP contribution in [0.3, 0.4) is 0 Å². The first kappa shape index (κ1) is 19.8. The molecule has 154 valence electrons. The molecule has 3 heterocycles. The van der Waals surface area contributed by atoms with Crippen molar-refractivity contribution in [3.05, 3.63) is 51.1 Å². The minimum atomic E-state index is -0.256. The number of fused-ring (bicyclic) bond motifs is 1. The summed E-state index contributed by atoms with van der Waals surface area (Å²) in [6.45, 7) is 12.4. The quantitative estimate of drug-likeness (QED) is 0.717. The standard InChI is InChI=1S/C22H30N6O/c1-6-22(4,5)28-20(24-25-26-28)19(27-11-7-8-12-27)17-13-16-10-9-14(2)15(3)18(16)23-21(17)29/h9-10,13,19H,6-8,11-12H2,1-5H3,(H,23,29)/t19-/m0/s1. The predicted octanol–water partition coefficient (Wildman–Crippen LogP) is 3.46. The minimum absolute atomic E-state index is 0.0630. The summed E-state index contributed by atoms with van der Waals surface area (Å²) in [5.74, 6) is 0.743. The normalized spacial score (nSPS) is 16.6. The highest BCUT2D eigenvalue weighted by molar-refractivity contribution is 5.83. The van der Waals surface area contributed by atoms with Crippen LogP contribution in [-0.2, 0) is 5.54 Å². The summed E-state index contributed by atoms with van der Waals surface area (Å²) >= 11 is 0. The molecule has 0 unspecified atom stereocenters. The van der Waals surface area contributed by atoms with Gasteiger partial charge < -0.3 is 4.98 Å². The second-order valence-corrected chi connectivity index (χ2v) is 8.79. The lowest BCUT2D eigenvalue weighted by atomic mass is 9.98. The maximum atomic E-state index is 13.3. The summed E-state index contributed by atoms with van der Waals surface area (Å²) < 4.78 is 1.90. The van der Waals surface area contributed by atoms with Gasteiger partial charge >= 0.3 is 0 Å². The number of likely N-dealkylation sites (tertiary alicyclic amines) is 1. The third-order valence-corrected chi connectivity index (χ3v) is 6.56. The molecular formula is C22H30N6O. The van der Waals surface area contributed by atoms with E-state index < -0.39 is 0 Å². The van der Waals surface area contributed by atoms with E-state index >= 15 is 0 Å². The Morgan fingerprint density at radius 3 is 2.62 bits per heavy atom. The maximum Gasteiger partial charge on any atom is 0.253 e. The van der Waals surface area contributed by atoms with Crippen LogP contribution in [0.25, 0.3) is 10.9 Å². The summed E-state index contributed by atoms with van der Waals surface area (Å²) in [7, 11) is 0. The third-order valence-electron chi connectivity index (χ3n) is 6.56. The van der Waals surface area contributed by atoms with E-state index in [4.69, 9.17) is 0 Å². The topological polar surface area (TPSA) is 79.7 Å². The number of H-pyrrole nitrogens is 1. The fourth-order valence-corrected chi connectivity index (χ4v) is 4.19. The monoisotopic (exact) mass is 394 g/mol. The van der Waals surface area contributed by atoms with Crippen molar-refractivity contribution in [1.82, 2.24) is 30.1 Å². The molecule has 1 fully saturated rings. The van der Waals surface area contributed by atoms with Gasteiger partial charge in [-0.1, -0.05) is 19.1 Å². The highest BCUT2D eigenvalue weighted by Gasteiger charge is 2.35. The highest BCUT2D eigenvalue weighted by Crippen LogP contribution is 2.32. The molecule has 0 aliphatic carbocycles. The van der Waals surface area contributed by atoms with Gasteiger partial charge in [0.15, 0.2) is 5.82 Å². The van der Waals surface area contributed by atoms with E-state index in [-0.39, 0.29) is 17.1 Å². The van der Waals surface area contributed by atoms with Crippen LogP contribution in [-0.4, -0.2) is 43.2 Å². The number of tetrazole rings is 1. The third kappa shape index (κ3) is 3.37. The van der Waals surface area contributed by atoms with Crippen molar-refractivity contribution in [3.63, 3.8) is 0 Å². The van der Waals surface area contributed by atoms with Crippen molar-refractivity contribution in [2.24, 2.45) is 0 Å². The molecule has 1 aromatic carbocycles. The van der Waals surface area contributed by atoms with Crippen LogP contribution < -0.4 is 5.56 Å². The second-order valence-electron chi connectivity index (χ2n) is 8.79. The molecule has 0 amide bonds. The Hall–Kier alpha value is -2.54. The lowest BCUT2D eigenvalue weighted by Gasteiger charge is -2.31. The van der Waals surface area contributed by atoms with Crippen molar-refractivity contribution in [2.75, 3.05) is 13.1 Å². The minimum Gasteiger partial charge on any atom is -0.321 e. The summed E-state index contributed by atoms with van der Waals surface area (Å²) in [6, 6.07) is 5.96. The molecule has 0 bridgehead atoms. The number of aromatic amines is 1. The molecule has 1 aliphatic heterocycles. The molecule has 0 spiro atoms. The van der Waals surface area contributed by atoms with Gasteiger partial charge in [0.05, 0.1) is 11.1 Å². The molecule has 0 saturated carbocycles. The van der Waals surface area contributed by atoms with Crippen molar-refractivity contribution in [2.45, 2.75) is 65.5 Å². The van der Waals surface area contributed by atoms with Crippen molar-refractivity contribution < 1.29 is 0 Å². The lowest BCUT2D eigenvalue weighted by molar-refractivity contribution is 0.230. The van der Waals surface area contributed by atoms with Crippen LogP contribution in [0.4, 0.5) is 0 Å². The van der Waals surface area contributed by atoms with Crippen molar-refractivity contribution in [3.8, 4) is 0 Å².